The van der Waals surface area contributed by atoms with Gasteiger partial charge >= 0.3 is 6.09 Å². The second-order valence-electron chi connectivity index (χ2n) is 8.07. The number of hydrogen-bond acceptors (Lipinski definition) is 4. The fourth-order valence-electron chi connectivity index (χ4n) is 4.73. The summed E-state index contributed by atoms with van der Waals surface area (Å²) in [7, 11) is 0. The van der Waals surface area contributed by atoms with E-state index in [0.29, 0.717) is 43.4 Å². The van der Waals surface area contributed by atoms with E-state index in [1.165, 1.54) is 22.3 Å². The standard InChI is InChI=1S/C26H23ClN2O3/c27-24-10-5-11-25(22(24)16-30)28-12-14-29(15-13-28)26(31)32-17-23-20-8-3-1-6-18(20)19-7-2-4-9-21(19)23/h1-11,16,23H,12-15,17H2. The maximum Gasteiger partial charge on any atom is 0.409 e. The van der Waals surface area contributed by atoms with E-state index in [-0.39, 0.29) is 12.0 Å². The van der Waals surface area contributed by atoms with Crippen molar-refractivity contribution in [1.29, 1.82) is 0 Å². The van der Waals surface area contributed by atoms with Crippen molar-refractivity contribution in [2.24, 2.45) is 0 Å². The molecule has 1 amide bonds. The molecule has 0 bridgehead atoms. The Balaban J connectivity index is 1.23. The molecular weight excluding hydrogens is 424 g/mol. The van der Waals surface area contributed by atoms with Crippen LogP contribution in [0, 0.1) is 0 Å². The summed E-state index contributed by atoms with van der Waals surface area (Å²) in [6, 6.07) is 22.0. The monoisotopic (exact) mass is 446 g/mol. The molecule has 162 valence electrons. The summed E-state index contributed by atoms with van der Waals surface area (Å²) in [6.45, 7) is 2.61. The summed E-state index contributed by atoms with van der Waals surface area (Å²) >= 11 is 6.16. The van der Waals surface area contributed by atoms with Crippen LogP contribution in [0.4, 0.5) is 10.5 Å². The third-order valence-corrected chi connectivity index (χ3v) is 6.69. The van der Waals surface area contributed by atoms with Gasteiger partial charge in [0.1, 0.15) is 6.61 Å². The predicted octanol–water partition coefficient (Wildman–Crippen LogP) is 5.22. The van der Waals surface area contributed by atoms with Crippen molar-refractivity contribution in [3.63, 3.8) is 0 Å². The normalized spacial score (nSPS) is 15.3. The highest BCUT2D eigenvalue weighted by molar-refractivity contribution is 6.33. The molecule has 6 heteroatoms. The lowest BCUT2D eigenvalue weighted by atomic mass is 9.98. The van der Waals surface area contributed by atoms with Crippen molar-refractivity contribution in [1.82, 2.24) is 4.90 Å². The van der Waals surface area contributed by atoms with Gasteiger partial charge in [0.2, 0.25) is 0 Å². The lowest BCUT2D eigenvalue weighted by Gasteiger charge is -2.36. The number of rotatable bonds is 4. The van der Waals surface area contributed by atoms with E-state index in [0.717, 1.165) is 12.0 Å². The highest BCUT2D eigenvalue weighted by Gasteiger charge is 2.30. The van der Waals surface area contributed by atoms with Gasteiger partial charge in [-0.25, -0.2) is 4.79 Å². The van der Waals surface area contributed by atoms with Crippen molar-refractivity contribution in [3.05, 3.63) is 88.4 Å². The van der Waals surface area contributed by atoms with E-state index >= 15 is 0 Å². The third-order valence-electron chi connectivity index (χ3n) is 6.36. The molecule has 0 unspecified atom stereocenters. The molecule has 3 aromatic rings. The fourth-order valence-corrected chi connectivity index (χ4v) is 4.95. The van der Waals surface area contributed by atoms with E-state index < -0.39 is 0 Å². The van der Waals surface area contributed by atoms with E-state index in [9.17, 15) is 9.59 Å². The number of nitrogens with zero attached hydrogens (tertiary/aromatic N) is 2. The summed E-state index contributed by atoms with van der Waals surface area (Å²) < 4.78 is 5.78. The summed E-state index contributed by atoms with van der Waals surface area (Å²) in [5.41, 5.74) is 6.13. The zero-order valence-corrected chi connectivity index (χ0v) is 18.3. The van der Waals surface area contributed by atoms with Crippen molar-refractivity contribution in [2.45, 2.75) is 5.92 Å². The Morgan fingerprint density at radius 2 is 1.53 bits per heavy atom. The lowest BCUT2D eigenvalue weighted by Crippen LogP contribution is -2.49. The van der Waals surface area contributed by atoms with Crippen LogP contribution < -0.4 is 4.90 Å². The van der Waals surface area contributed by atoms with Gasteiger partial charge in [0, 0.05) is 37.8 Å². The molecule has 0 N–H and O–H groups in total. The van der Waals surface area contributed by atoms with Crippen LogP contribution in [0.1, 0.15) is 27.4 Å². The van der Waals surface area contributed by atoms with Crippen molar-refractivity contribution >= 4 is 29.7 Å². The van der Waals surface area contributed by atoms with Crippen LogP contribution in [-0.2, 0) is 4.74 Å². The highest BCUT2D eigenvalue weighted by atomic mass is 35.5. The van der Waals surface area contributed by atoms with Crippen LogP contribution in [0.5, 0.6) is 0 Å². The van der Waals surface area contributed by atoms with E-state index in [4.69, 9.17) is 16.3 Å². The maximum atomic E-state index is 12.8. The molecule has 0 saturated carbocycles. The first-order chi connectivity index (χ1) is 15.7. The zero-order chi connectivity index (χ0) is 22.1. The Bertz CT molecular complexity index is 1130. The Labute approximate surface area is 192 Å². The first-order valence-electron chi connectivity index (χ1n) is 10.8. The molecule has 5 rings (SSSR count). The molecule has 0 aromatic heterocycles. The van der Waals surface area contributed by atoms with Gasteiger partial charge in [0.05, 0.1) is 10.6 Å². The van der Waals surface area contributed by atoms with Crippen LogP contribution in [0.15, 0.2) is 66.7 Å². The number of aldehydes is 1. The van der Waals surface area contributed by atoms with Gasteiger partial charge in [-0.15, -0.1) is 0 Å². The van der Waals surface area contributed by atoms with Gasteiger partial charge in [0.25, 0.3) is 0 Å². The molecule has 3 aromatic carbocycles. The smallest absolute Gasteiger partial charge is 0.409 e. The van der Waals surface area contributed by atoms with E-state index in [1.807, 2.05) is 36.4 Å². The molecule has 0 spiro atoms. The summed E-state index contributed by atoms with van der Waals surface area (Å²) in [6.07, 6.45) is 0.489. The first kappa shape index (κ1) is 20.6. The molecule has 0 radical (unpaired) electrons. The predicted molar refractivity (Wildman–Crippen MR) is 126 cm³/mol. The molecule has 1 fully saturated rings. The second-order valence-corrected chi connectivity index (χ2v) is 8.48. The molecule has 5 nitrogen and oxygen atoms in total. The average Bonchev–Trinajstić information content (AvgIpc) is 3.16. The first-order valence-corrected chi connectivity index (χ1v) is 11.1. The summed E-state index contributed by atoms with van der Waals surface area (Å²) in [5.74, 6) is 0.0502. The number of halogens is 1. The minimum absolute atomic E-state index is 0.0502. The maximum absolute atomic E-state index is 12.8. The molecule has 32 heavy (non-hydrogen) atoms. The number of carbonyl (C=O) groups excluding carboxylic acids is 2. The fraction of sp³-hybridized carbons (Fsp3) is 0.231. The minimum atomic E-state index is -0.298. The molecular formula is C26H23ClN2O3. The molecule has 2 aliphatic rings. The SMILES string of the molecule is O=Cc1c(Cl)cccc1N1CCN(C(=O)OCC2c3ccccc3-c3ccccc32)CC1. The minimum Gasteiger partial charge on any atom is -0.448 e. The molecule has 1 aliphatic carbocycles. The quantitative estimate of drug-likeness (QED) is 0.515. The van der Waals surface area contributed by atoms with Gasteiger partial charge in [0.15, 0.2) is 6.29 Å². The van der Waals surface area contributed by atoms with E-state index in [2.05, 4.69) is 29.2 Å². The van der Waals surface area contributed by atoms with Crippen LogP contribution in [-0.4, -0.2) is 50.1 Å². The molecule has 1 saturated heterocycles. The van der Waals surface area contributed by atoms with Crippen LogP contribution in [0.3, 0.4) is 0 Å². The summed E-state index contributed by atoms with van der Waals surface area (Å²) in [5, 5.41) is 0.441. The average molecular weight is 447 g/mol. The number of ether oxygens (including phenoxy) is 1. The van der Waals surface area contributed by atoms with E-state index in [1.54, 1.807) is 11.0 Å². The summed E-state index contributed by atoms with van der Waals surface area (Å²) in [4.78, 5) is 28.1. The van der Waals surface area contributed by atoms with Crippen LogP contribution in [0.2, 0.25) is 5.02 Å². The second kappa shape index (κ2) is 8.67. The molecule has 1 heterocycles. The van der Waals surface area contributed by atoms with Gasteiger partial charge in [-0.2, -0.15) is 0 Å². The molecule has 0 atom stereocenters. The molecule has 1 aliphatic heterocycles. The largest absolute Gasteiger partial charge is 0.448 e. The Hall–Kier alpha value is -3.31. The number of carbonyl (C=O) groups is 2. The topological polar surface area (TPSA) is 49.9 Å². The van der Waals surface area contributed by atoms with Gasteiger partial charge in [-0.1, -0.05) is 66.2 Å². The number of hydrogen-bond donors (Lipinski definition) is 0. The Kier molecular flexibility index (Phi) is 5.58. The number of amides is 1. The lowest BCUT2D eigenvalue weighted by molar-refractivity contribution is 0.0975. The van der Waals surface area contributed by atoms with Gasteiger partial charge in [-0.05, 0) is 34.4 Å². The van der Waals surface area contributed by atoms with Gasteiger partial charge < -0.3 is 14.5 Å². The third kappa shape index (κ3) is 3.63. The van der Waals surface area contributed by atoms with Crippen molar-refractivity contribution < 1.29 is 14.3 Å². The number of anilines is 1. The Morgan fingerprint density at radius 3 is 2.16 bits per heavy atom. The number of piperazine rings is 1. The highest BCUT2D eigenvalue weighted by Crippen LogP contribution is 2.44. The van der Waals surface area contributed by atoms with Crippen molar-refractivity contribution in [3.8, 4) is 11.1 Å². The van der Waals surface area contributed by atoms with Crippen LogP contribution >= 0.6 is 11.6 Å². The van der Waals surface area contributed by atoms with Crippen LogP contribution in [0.25, 0.3) is 11.1 Å². The number of benzene rings is 3. The Morgan fingerprint density at radius 1 is 0.906 bits per heavy atom. The van der Waals surface area contributed by atoms with Gasteiger partial charge in [-0.3, -0.25) is 4.79 Å². The zero-order valence-electron chi connectivity index (χ0n) is 17.5. The number of fused-ring (bicyclic) bond motifs is 3. The van der Waals surface area contributed by atoms with Crippen molar-refractivity contribution in [2.75, 3.05) is 37.7 Å².